The predicted molar refractivity (Wildman–Crippen MR) is 106 cm³/mol. The molecule has 0 bridgehead atoms. The summed E-state index contributed by atoms with van der Waals surface area (Å²) in [7, 11) is 0. The Bertz CT molecular complexity index is 1170. The summed E-state index contributed by atoms with van der Waals surface area (Å²) in [5.41, 5.74) is 5.41. The van der Waals surface area contributed by atoms with Crippen molar-refractivity contribution in [3.63, 3.8) is 0 Å². The van der Waals surface area contributed by atoms with Crippen LogP contribution in [0.4, 0.5) is 0 Å². The van der Waals surface area contributed by atoms with Gasteiger partial charge < -0.3 is 14.0 Å². The number of nitrogens with zero attached hydrogens (tertiary/aromatic N) is 3. The van der Waals surface area contributed by atoms with E-state index in [1.807, 2.05) is 18.2 Å². The van der Waals surface area contributed by atoms with Crippen molar-refractivity contribution < 1.29 is 14.0 Å². The van der Waals surface area contributed by atoms with Gasteiger partial charge in [0.15, 0.2) is 11.5 Å². The average molecular weight is 391 g/mol. The van der Waals surface area contributed by atoms with Crippen LogP contribution in [0.5, 0.6) is 11.5 Å². The molecule has 0 unspecified atom stereocenters. The van der Waals surface area contributed by atoms with Crippen LogP contribution in [-0.2, 0) is 6.42 Å². The number of hydrogen-bond donors (Lipinski definition) is 0. The monoisotopic (exact) mass is 391 g/mol. The molecule has 3 heterocycles. The number of aryl methyl sites for hydroxylation is 2. The Balaban J connectivity index is 1.37. The van der Waals surface area contributed by atoms with Crippen molar-refractivity contribution >= 4 is 11.3 Å². The summed E-state index contributed by atoms with van der Waals surface area (Å²) in [6.45, 7) is 4.43. The van der Waals surface area contributed by atoms with Gasteiger partial charge >= 0.3 is 0 Å². The van der Waals surface area contributed by atoms with E-state index in [1.165, 1.54) is 11.1 Å². The van der Waals surface area contributed by atoms with Crippen LogP contribution in [0.1, 0.15) is 22.0 Å². The van der Waals surface area contributed by atoms with E-state index >= 15 is 0 Å². The van der Waals surface area contributed by atoms with Crippen LogP contribution < -0.4 is 9.47 Å². The fourth-order valence-electron chi connectivity index (χ4n) is 3.14. The zero-order chi connectivity index (χ0) is 19.1. The Hall–Kier alpha value is -3.19. The molecule has 0 spiro atoms. The van der Waals surface area contributed by atoms with E-state index in [-0.39, 0.29) is 6.79 Å². The van der Waals surface area contributed by atoms with Gasteiger partial charge in [-0.2, -0.15) is 4.98 Å². The summed E-state index contributed by atoms with van der Waals surface area (Å²) in [5.74, 6) is 2.49. The third-order valence-corrected chi connectivity index (χ3v) is 5.47. The molecule has 0 fully saturated rings. The van der Waals surface area contributed by atoms with Crippen molar-refractivity contribution in [2.75, 3.05) is 6.79 Å². The van der Waals surface area contributed by atoms with Gasteiger partial charge in [-0.3, -0.25) is 0 Å². The van der Waals surface area contributed by atoms with E-state index in [4.69, 9.17) is 19.0 Å². The normalized spacial score (nSPS) is 12.5. The molecule has 0 N–H and O–H groups in total. The molecule has 0 saturated heterocycles. The van der Waals surface area contributed by atoms with E-state index in [1.54, 1.807) is 11.3 Å². The Morgan fingerprint density at radius 2 is 1.89 bits per heavy atom. The Labute approximate surface area is 165 Å². The molecule has 2 aromatic carbocycles. The topological polar surface area (TPSA) is 70.3 Å². The van der Waals surface area contributed by atoms with Crippen LogP contribution in [0.3, 0.4) is 0 Å². The molecule has 28 heavy (non-hydrogen) atoms. The maximum absolute atomic E-state index is 5.43. The molecule has 140 valence electrons. The van der Waals surface area contributed by atoms with Crippen LogP contribution in [0.15, 0.2) is 46.3 Å². The molecule has 0 radical (unpaired) electrons. The molecule has 0 amide bonds. The quantitative estimate of drug-likeness (QED) is 0.498. The molecule has 1 aliphatic heterocycles. The lowest BCUT2D eigenvalue weighted by molar-refractivity contribution is 0.174. The third kappa shape index (κ3) is 3.14. The van der Waals surface area contributed by atoms with Gasteiger partial charge in [0.1, 0.15) is 5.01 Å². The average Bonchev–Trinajstić information content (AvgIpc) is 3.44. The maximum atomic E-state index is 5.43. The Morgan fingerprint density at radius 3 is 2.82 bits per heavy atom. The summed E-state index contributed by atoms with van der Waals surface area (Å²) >= 11 is 1.60. The van der Waals surface area contributed by atoms with Crippen molar-refractivity contribution in [2.24, 2.45) is 0 Å². The number of aromatic nitrogens is 3. The Morgan fingerprint density at radius 1 is 1.00 bits per heavy atom. The van der Waals surface area contributed by atoms with Gasteiger partial charge in [-0.05, 0) is 43.7 Å². The molecular formula is C21H17N3O3S. The summed E-state index contributed by atoms with van der Waals surface area (Å²) < 4.78 is 16.2. The molecule has 2 aromatic heterocycles. The lowest BCUT2D eigenvalue weighted by atomic mass is 10.0. The molecule has 6 nitrogen and oxygen atoms in total. The molecular weight excluding hydrogens is 374 g/mol. The minimum atomic E-state index is 0.239. The van der Waals surface area contributed by atoms with Gasteiger partial charge in [0.25, 0.3) is 0 Å². The molecule has 1 aliphatic rings. The van der Waals surface area contributed by atoms with E-state index in [2.05, 4.69) is 47.6 Å². The van der Waals surface area contributed by atoms with E-state index in [9.17, 15) is 0 Å². The van der Waals surface area contributed by atoms with E-state index in [0.29, 0.717) is 23.9 Å². The van der Waals surface area contributed by atoms with Gasteiger partial charge in [0.2, 0.25) is 18.5 Å². The summed E-state index contributed by atoms with van der Waals surface area (Å²) in [4.78, 5) is 9.27. The summed E-state index contributed by atoms with van der Waals surface area (Å²) in [5, 5.41) is 7.11. The van der Waals surface area contributed by atoms with Crippen LogP contribution in [-0.4, -0.2) is 21.9 Å². The van der Waals surface area contributed by atoms with E-state index < -0.39 is 0 Å². The van der Waals surface area contributed by atoms with Gasteiger partial charge in [-0.1, -0.05) is 22.9 Å². The van der Waals surface area contributed by atoms with E-state index in [0.717, 1.165) is 27.6 Å². The van der Waals surface area contributed by atoms with Crippen molar-refractivity contribution in [1.82, 2.24) is 15.1 Å². The fraction of sp³-hybridized carbons (Fsp3) is 0.190. The molecule has 0 aliphatic carbocycles. The highest BCUT2D eigenvalue weighted by molar-refractivity contribution is 7.10. The lowest BCUT2D eigenvalue weighted by Crippen LogP contribution is -1.92. The van der Waals surface area contributed by atoms with Gasteiger partial charge in [-0.15, -0.1) is 11.3 Å². The first kappa shape index (κ1) is 16.9. The zero-order valence-electron chi connectivity index (χ0n) is 15.4. The smallest absolute Gasteiger partial charge is 0.233 e. The third-order valence-electron chi connectivity index (χ3n) is 4.62. The van der Waals surface area contributed by atoms with Crippen LogP contribution >= 0.6 is 11.3 Å². The van der Waals surface area contributed by atoms with Crippen LogP contribution in [0.2, 0.25) is 0 Å². The first-order chi connectivity index (χ1) is 13.7. The number of fused-ring (bicyclic) bond motifs is 1. The summed E-state index contributed by atoms with van der Waals surface area (Å²) in [6.07, 6.45) is 0.507. The molecule has 0 saturated carbocycles. The zero-order valence-corrected chi connectivity index (χ0v) is 16.2. The van der Waals surface area contributed by atoms with Crippen molar-refractivity contribution in [2.45, 2.75) is 20.3 Å². The molecule has 0 atom stereocenters. The molecule has 4 aromatic rings. The highest BCUT2D eigenvalue weighted by atomic mass is 32.1. The maximum Gasteiger partial charge on any atom is 0.233 e. The summed E-state index contributed by atoms with van der Waals surface area (Å²) in [6, 6.07) is 12.0. The van der Waals surface area contributed by atoms with Gasteiger partial charge in [-0.25, -0.2) is 4.98 Å². The van der Waals surface area contributed by atoms with Crippen molar-refractivity contribution in [3.8, 4) is 34.1 Å². The molecule has 5 rings (SSSR count). The molecule has 7 heteroatoms. The second-order valence-electron chi connectivity index (χ2n) is 6.70. The second-order valence-corrected chi connectivity index (χ2v) is 7.64. The highest BCUT2D eigenvalue weighted by Crippen LogP contribution is 2.35. The van der Waals surface area contributed by atoms with Gasteiger partial charge in [0, 0.05) is 16.5 Å². The number of hydrogen-bond acceptors (Lipinski definition) is 7. The van der Waals surface area contributed by atoms with Crippen molar-refractivity contribution in [3.05, 3.63) is 63.8 Å². The number of thiazole rings is 1. The largest absolute Gasteiger partial charge is 0.454 e. The number of rotatable bonds is 4. The van der Waals surface area contributed by atoms with Crippen LogP contribution in [0, 0.1) is 13.8 Å². The predicted octanol–water partition coefficient (Wildman–Crippen LogP) is 4.80. The minimum absolute atomic E-state index is 0.239. The number of benzene rings is 2. The lowest BCUT2D eigenvalue weighted by Gasteiger charge is -2.03. The SMILES string of the molecule is Cc1ccc(C)c(-c2csc(Cc3nc(-c4ccc5c(c4)OCO5)no3)n2)c1. The first-order valence-corrected chi connectivity index (χ1v) is 9.78. The van der Waals surface area contributed by atoms with Crippen molar-refractivity contribution in [1.29, 1.82) is 0 Å². The first-order valence-electron chi connectivity index (χ1n) is 8.90. The fourth-order valence-corrected chi connectivity index (χ4v) is 3.92. The highest BCUT2D eigenvalue weighted by Gasteiger charge is 2.17. The second kappa shape index (κ2) is 6.76. The van der Waals surface area contributed by atoms with Crippen LogP contribution in [0.25, 0.3) is 22.6 Å². The van der Waals surface area contributed by atoms with Gasteiger partial charge in [0.05, 0.1) is 12.1 Å². The standard InChI is InChI=1S/C21H17N3O3S/c1-12-3-4-13(2)15(7-12)16-10-28-20(22-16)9-19-23-21(24-27-19)14-5-6-17-18(8-14)26-11-25-17/h3-8,10H,9,11H2,1-2H3. The number of ether oxygens (including phenoxy) is 2. The minimum Gasteiger partial charge on any atom is -0.454 e. The Kier molecular flexibility index (Phi) is 4.09.